The predicted molar refractivity (Wildman–Crippen MR) is 69.6 cm³/mol. The molecule has 1 aromatic rings. The van der Waals surface area contributed by atoms with E-state index in [0.717, 1.165) is 6.42 Å². The van der Waals surface area contributed by atoms with Crippen molar-refractivity contribution >= 4 is 11.6 Å². The molecule has 19 heavy (non-hydrogen) atoms. The topological polar surface area (TPSA) is 98.5 Å². The summed E-state index contributed by atoms with van der Waals surface area (Å²) < 4.78 is 10.8. The SMILES string of the molecule is COC1(CNC(=O)c2cnccc2NN)CCOC1. The van der Waals surface area contributed by atoms with E-state index in [4.69, 9.17) is 15.3 Å². The Morgan fingerprint density at radius 1 is 1.68 bits per heavy atom. The van der Waals surface area contributed by atoms with Crippen LogP contribution in [0, 0.1) is 0 Å². The number of nitrogen functional groups attached to an aromatic ring is 1. The molecular formula is C12H18N4O3. The van der Waals surface area contributed by atoms with Gasteiger partial charge in [-0.1, -0.05) is 0 Å². The van der Waals surface area contributed by atoms with Crippen molar-refractivity contribution in [3.05, 3.63) is 24.0 Å². The van der Waals surface area contributed by atoms with Gasteiger partial charge in [0.1, 0.15) is 5.60 Å². The summed E-state index contributed by atoms with van der Waals surface area (Å²) in [6.07, 6.45) is 3.79. The lowest BCUT2D eigenvalue weighted by atomic mass is 10.0. The molecule has 1 atom stereocenters. The third-order valence-electron chi connectivity index (χ3n) is 3.29. The van der Waals surface area contributed by atoms with Gasteiger partial charge >= 0.3 is 0 Å². The Morgan fingerprint density at radius 2 is 2.53 bits per heavy atom. The van der Waals surface area contributed by atoms with Crippen molar-refractivity contribution in [2.75, 3.05) is 32.3 Å². The van der Waals surface area contributed by atoms with E-state index in [9.17, 15) is 4.79 Å². The number of nitrogens with zero attached hydrogens (tertiary/aromatic N) is 1. The Kier molecular flexibility index (Phi) is 4.31. The van der Waals surface area contributed by atoms with Gasteiger partial charge in [0.15, 0.2) is 0 Å². The number of amides is 1. The van der Waals surface area contributed by atoms with Gasteiger partial charge in [-0.3, -0.25) is 15.6 Å². The van der Waals surface area contributed by atoms with Crippen molar-refractivity contribution < 1.29 is 14.3 Å². The number of hydrogen-bond acceptors (Lipinski definition) is 6. The second-order valence-corrected chi connectivity index (χ2v) is 4.44. The van der Waals surface area contributed by atoms with Gasteiger partial charge in [-0.2, -0.15) is 0 Å². The Morgan fingerprint density at radius 3 is 3.16 bits per heavy atom. The van der Waals surface area contributed by atoms with Gasteiger partial charge in [0.25, 0.3) is 5.91 Å². The third-order valence-corrected chi connectivity index (χ3v) is 3.29. The zero-order valence-electron chi connectivity index (χ0n) is 10.8. The first-order valence-corrected chi connectivity index (χ1v) is 6.02. The van der Waals surface area contributed by atoms with Crippen LogP contribution in [0.4, 0.5) is 5.69 Å². The van der Waals surface area contributed by atoms with Crippen LogP contribution >= 0.6 is 0 Å². The smallest absolute Gasteiger partial charge is 0.255 e. The summed E-state index contributed by atoms with van der Waals surface area (Å²) in [6.45, 7) is 1.52. The summed E-state index contributed by atoms with van der Waals surface area (Å²) in [4.78, 5) is 16.0. The van der Waals surface area contributed by atoms with Crippen molar-refractivity contribution in [2.24, 2.45) is 5.84 Å². The summed E-state index contributed by atoms with van der Waals surface area (Å²) >= 11 is 0. The second-order valence-electron chi connectivity index (χ2n) is 4.44. The quantitative estimate of drug-likeness (QED) is 0.508. The maximum absolute atomic E-state index is 12.1. The van der Waals surface area contributed by atoms with Crippen LogP contribution in [0.3, 0.4) is 0 Å². The van der Waals surface area contributed by atoms with Gasteiger partial charge in [-0.05, 0) is 6.07 Å². The minimum absolute atomic E-state index is 0.246. The average molecular weight is 266 g/mol. The van der Waals surface area contributed by atoms with Crippen LogP contribution in [-0.2, 0) is 9.47 Å². The van der Waals surface area contributed by atoms with Gasteiger partial charge in [-0.15, -0.1) is 0 Å². The first-order chi connectivity index (χ1) is 9.21. The second kappa shape index (κ2) is 5.96. The summed E-state index contributed by atoms with van der Waals surface area (Å²) in [7, 11) is 1.62. The van der Waals surface area contributed by atoms with E-state index in [-0.39, 0.29) is 5.91 Å². The summed E-state index contributed by atoms with van der Waals surface area (Å²) in [5, 5.41) is 2.83. The molecule has 1 unspecified atom stereocenters. The number of nitrogens with one attached hydrogen (secondary N) is 2. The standard InChI is InChI=1S/C12H18N4O3/c1-18-12(3-5-19-8-12)7-15-11(17)9-6-14-4-2-10(9)16-13/h2,4,6H,3,5,7-8,13H2,1H3,(H,14,16)(H,15,17). The van der Waals surface area contributed by atoms with Crippen LogP contribution in [0.15, 0.2) is 18.5 Å². The number of ether oxygens (including phenoxy) is 2. The highest BCUT2D eigenvalue weighted by Gasteiger charge is 2.35. The molecule has 7 heteroatoms. The molecule has 1 aliphatic rings. The minimum Gasteiger partial charge on any atom is -0.378 e. The normalized spacial score (nSPS) is 22.2. The largest absolute Gasteiger partial charge is 0.378 e. The summed E-state index contributed by atoms with van der Waals surface area (Å²) in [5.41, 5.74) is 2.96. The van der Waals surface area contributed by atoms with Crippen molar-refractivity contribution in [3.8, 4) is 0 Å². The van der Waals surface area contributed by atoms with Gasteiger partial charge in [0, 0.05) is 39.1 Å². The molecule has 7 nitrogen and oxygen atoms in total. The molecule has 0 aliphatic carbocycles. The molecule has 0 spiro atoms. The highest BCUT2D eigenvalue weighted by atomic mass is 16.5. The van der Waals surface area contributed by atoms with E-state index >= 15 is 0 Å². The van der Waals surface area contributed by atoms with Gasteiger partial charge in [-0.25, -0.2) is 0 Å². The highest BCUT2D eigenvalue weighted by molar-refractivity contribution is 5.99. The lowest BCUT2D eigenvalue weighted by molar-refractivity contribution is -0.0148. The van der Waals surface area contributed by atoms with Gasteiger partial charge < -0.3 is 20.2 Å². The number of aromatic nitrogens is 1. The molecule has 0 radical (unpaired) electrons. The third kappa shape index (κ3) is 3.01. The van der Waals surface area contributed by atoms with Crippen LogP contribution in [0.25, 0.3) is 0 Å². The first-order valence-electron chi connectivity index (χ1n) is 6.02. The van der Waals surface area contributed by atoms with Crippen molar-refractivity contribution in [2.45, 2.75) is 12.0 Å². The molecule has 4 N–H and O–H groups in total. The molecule has 1 aromatic heterocycles. The van der Waals surface area contributed by atoms with Crippen LogP contribution in [0.5, 0.6) is 0 Å². The molecule has 0 aromatic carbocycles. The van der Waals surface area contributed by atoms with Crippen molar-refractivity contribution in [1.82, 2.24) is 10.3 Å². The molecular weight excluding hydrogens is 248 g/mol. The predicted octanol–water partition coefficient (Wildman–Crippen LogP) is -0.0975. The first kappa shape index (κ1) is 13.7. The molecule has 1 fully saturated rings. The fraction of sp³-hybridized carbons (Fsp3) is 0.500. The van der Waals surface area contributed by atoms with Gasteiger partial charge in [0.05, 0.1) is 17.9 Å². The van der Waals surface area contributed by atoms with Crippen LogP contribution in [0.2, 0.25) is 0 Å². The Bertz CT molecular complexity index is 446. The average Bonchev–Trinajstić information content (AvgIpc) is 2.94. The van der Waals surface area contributed by atoms with Crippen LogP contribution < -0.4 is 16.6 Å². The molecule has 104 valence electrons. The minimum atomic E-state index is -0.436. The van der Waals surface area contributed by atoms with Crippen LogP contribution in [0.1, 0.15) is 16.8 Å². The number of pyridine rings is 1. The van der Waals surface area contributed by atoms with E-state index in [0.29, 0.717) is 31.0 Å². The molecule has 2 heterocycles. The highest BCUT2D eigenvalue weighted by Crippen LogP contribution is 2.21. The number of rotatable bonds is 5. The summed E-state index contributed by atoms with van der Waals surface area (Å²) in [5.74, 6) is 5.11. The summed E-state index contributed by atoms with van der Waals surface area (Å²) in [6, 6.07) is 1.64. The monoisotopic (exact) mass is 266 g/mol. The fourth-order valence-corrected chi connectivity index (χ4v) is 2.00. The number of methoxy groups -OCH3 is 1. The van der Waals surface area contributed by atoms with Gasteiger partial charge in [0.2, 0.25) is 0 Å². The Labute approximate surface area is 111 Å². The lowest BCUT2D eigenvalue weighted by Crippen LogP contribution is -2.45. The fourth-order valence-electron chi connectivity index (χ4n) is 2.00. The molecule has 1 aliphatic heterocycles. The van der Waals surface area contributed by atoms with E-state index < -0.39 is 5.60 Å². The molecule has 1 amide bonds. The van der Waals surface area contributed by atoms with E-state index in [2.05, 4.69) is 15.7 Å². The Hall–Kier alpha value is -1.70. The Balaban J connectivity index is 2.01. The van der Waals surface area contributed by atoms with E-state index in [1.165, 1.54) is 6.20 Å². The molecule has 0 bridgehead atoms. The molecule has 0 saturated carbocycles. The van der Waals surface area contributed by atoms with Crippen molar-refractivity contribution in [1.29, 1.82) is 0 Å². The number of carbonyl (C=O) groups excluding carboxylic acids is 1. The number of carbonyl (C=O) groups is 1. The number of hydrogen-bond donors (Lipinski definition) is 3. The van der Waals surface area contributed by atoms with Crippen molar-refractivity contribution in [3.63, 3.8) is 0 Å². The van der Waals surface area contributed by atoms with Crippen LogP contribution in [-0.4, -0.2) is 43.4 Å². The number of nitrogens with two attached hydrogens (primary N) is 1. The lowest BCUT2D eigenvalue weighted by Gasteiger charge is -2.26. The van der Waals surface area contributed by atoms with E-state index in [1.54, 1.807) is 19.4 Å². The molecule has 1 saturated heterocycles. The number of anilines is 1. The maximum atomic E-state index is 12.1. The molecule has 2 rings (SSSR count). The number of hydrazine groups is 1. The maximum Gasteiger partial charge on any atom is 0.255 e. The zero-order chi connectivity index (χ0) is 13.7. The zero-order valence-corrected chi connectivity index (χ0v) is 10.8. The van der Waals surface area contributed by atoms with E-state index in [1.807, 2.05) is 0 Å².